The highest BCUT2D eigenvalue weighted by Gasteiger charge is 2.51. The summed E-state index contributed by atoms with van der Waals surface area (Å²) in [4.78, 5) is 4.09. The lowest BCUT2D eigenvalue weighted by Gasteiger charge is -2.37. The van der Waals surface area contributed by atoms with Crippen molar-refractivity contribution in [2.75, 3.05) is 13.2 Å². The summed E-state index contributed by atoms with van der Waals surface area (Å²) in [5.74, 6) is 0.0377. The molecule has 1 aliphatic carbocycles. The molecule has 3 heteroatoms. The quantitative estimate of drug-likeness (QED) is 0.758. The fourth-order valence-electron chi connectivity index (χ4n) is 3.70. The lowest BCUT2D eigenvalue weighted by atomic mass is 9.72. The molecule has 1 saturated carbocycles. The molecular formula is C18H23NO2. The van der Waals surface area contributed by atoms with Crippen molar-refractivity contribution < 1.29 is 9.47 Å². The van der Waals surface area contributed by atoms with E-state index in [2.05, 4.69) is 43.0 Å². The average molecular weight is 285 g/mol. The van der Waals surface area contributed by atoms with E-state index in [9.17, 15) is 0 Å². The van der Waals surface area contributed by atoms with Crippen molar-refractivity contribution in [3.63, 3.8) is 0 Å². The van der Waals surface area contributed by atoms with Crippen LogP contribution in [0.2, 0.25) is 0 Å². The number of rotatable bonds is 2. The molecule has 112 valence electrons. The topological polar surface area (TPSA) is 22.8 Å². The second kappa shape index (κ2) is 5.44. The van der Waals surface area contributed by atoms with Gasteiger partial charge in [0, 0.05) is 31.2 Å². The Bertz CT molecular complexity index is 543. The van der Waals surface area contributed by atoms with Crippen molar-refractivity contribution in [2.24, 2.45) is 0 Å². The standard InChI is InChI=1S/C18H23NO2/c1-14(2)15-6-4-5-7-16(15)17(19-3)8-10-18(11-9-17)20-12-13-21-18/h4-7,14H,8-13H2,1-2H3. The largest absolute Gasteiger partial charge is 0.348 e. The van der Waals surface area contributed by atoms with Crippen LogP contribution >= 0.6 is 0 Å². The number of nitrogens with zero attached hydrogens (tertiary/aromatic N) is 1. The highest BCUT2D eigenvalue weighted by atomic mass is 16.7. The molecule has 3 rings (SSSR count). The van der Waals surface area contributed by atoms with Gasteiger partial charge in [0.2, 0.25) is 0 Å². The third-order valence-electron chi connectivity index (χ3n) is 4.95. The summed E-state index contributed by atoms with van der Waals surface area (Å²) in [5, 5.41) is 0. The van der Waals surface area contributed by atoms with Crippen LogP contribution in [0.4, 0.5) is 0 Å². The van der Waals surface area contributed by atoms with Crippen LogP contribution in [-0.4, -0.2) is 19.0 Å². The molecule has 0 bridgehead atoms. The molecule has 0 aromatic heterocycles. The summed E-state index contributed by atoms with van der Waals surface area (Å²) in [6, 6.07) is 8.44. The molecule has 1 spiro atoms. The number of benzene rings is 1. The van der Waals surface area contributed by atoms with E-state index in [0.29, 0.717) is 19.1 Å². The van der Waals surface area contributed by atoms with Gasteiger partial charge in [0.15, 0.2) is 5.79 Å². The predicted molar refractivity (Wildman–Crippen MR) is 81.9 cm³/mol. The average Bonchev–Trinajstić information content (AvgIpc) is 2.97. The molecule has 0 unspecified atom stereocenters. The number of hydrogen-bond donors (Lipinski definition) is 0. The smallest absolute Gasteiger partial charge is 0.258 e. The first-order valence-corrected chi connectivity index (χ1v) is 7.87. The Morgan fingerprint density at radius 3 is 2.24 bits per heavy atom. The van der Waals surface area contributed by atoms with E-state index >= 15 is 0 Å². The summed E-state index contributed by atoms with van der Waals surface area (Å²) in [5.41, 5.74) is 2.11. The fourth-order valence-corrected chi connectivity index (χ4v) is 3.70. The van der Waals surface area contributed by atoms with Crippen molar-refractivity contribution in [3.05, 3.63) is 46.8 Å². The van der Waals surface area contributed by atoms with E-state index < -0.39 is 11.3 Å². The maximum Gasteiger partial charge on any atom is 0.258 e. The molecule has 0 N–H and O–H groups in total. The van der Waals surface area contributed by atoms with Crippen molar-refractivity contribution in [1.29, 1.82) is 0 Å². The first-order valence-electron chi connectivity index (χ1n) is 7.87. The van der Waals surface area contributed by atoms with Gasteiger partial charge in [-0.25, -0.2) is 6.57 Å². The van der Waals surface area contributed by atoms with Crippen molar-refractivity contribution >= 4 is 0 Å². The Labute approximate surface area is 127 Å². The zero-order valence-electron chi connectivity index (χ0n) is 12.9. The van der Waals surface area contributed by atoms with Gasteiger partial charge in [-0.2, -0.15) is 0 Å². The summed E-state index contributed by atoms with van der Waals surface area (Å²) in [6.07, 6.45) is 3.28. The maximum atomic E-state index is 7.82. The van der Waals surface area contributed by atoms with Crippen molar-refractivity contribution in [2.45, 2.75) is 56.8 Å². The van der Waals surface area contributed by atoms with Crippen LogP contribution in [0.3, 0.4) is 0 Å². The minimum absolute atomic E-state index is 0.401. The molecule has 21 heavy (non-hydrogen) atoms. The Hall–Kier alpha value is -1.37. The first kappa shape index (κ1) is 14.6. The number of ether oxygens (including phenoxy) is 2. The normalized spacial score (nSPS) is 23.3. The molecule has 0 atom stereocenters. The molecular weight excluding hydrogens is 262 g/mol. The Balaban J connectivity index is 1.91. The zero-order valence-corrected chi connectivity index (χ0v) is 12.9. The minimum Gasteiger partial charge on any atom is -0.348 e. The third kappa shape index (κ3) is 2.47. The molecule has 1 aromatic carbocycles. The highest BCUT2D eigenvalue weighted by Crippen LogP contribution is 2.48. The van der Waals surface area contributed by atoms with E-state index in [0.717, 1.165) is 25.7 Å². The predicted octanol–water partition coefficient (Wildman–Crippen LogP) is 4.24. The van der Waals surface area contributed by atoms with E-state index in [-0.39, 0.29) is 0 Å². The summed E-state index contributed by atoms with van der Waals surface area (Å²) >= 11 is 0. The summed E-state index contributed by atoms with van der Waals surface area (Å²) in [7, 11) is 0. The molecule has 1 heterocycles. The number of hydrogen-bond acceptors (Lipinski definition) is 2. The zero-order chi connectivity index (χ0) is 14.9. The Morgan fingerprint density at radius 2 is 1.67 bits per heavy atom. The highest BCUT2D eigenvalue weighted by molar-refractivity contribution is 5.39. The van der Waals surface area contributed by atoms with Crippen LogP contribution in [-0.2, 0) is 15.0 Å². The van der Waals surface area contributed by atoms with Gasteiger partial charge >= 0.3 is 0 Å². The Kier molecular flexibility index (Phi) is 3.77. The Morgan fingerprint density at radius 1 is 1.05 bits per heavy atom. The van der Waals surface area contributed by atoms with Crippen molar-refractivity contribution in [3.8, 4) is 0 Å². The van der Waals surface area contributed by atoms with Gasteiger partial charge in [-0.3, -0.25) is 0 Å². The van der Waals surface area contributed by atoms with Gasteiger partial charge in [0.05, 0.1) is 13.2 Å². The lowest BCUT2D eigenvalue weighted by molar-refractivity contribution is -0.182. The van der Waals surface area contributed by atoms with Gasteiger partial charge in [0.25, 0.3) is 5.54 Å². The molecule has 0 amide bonds. The molecule has 2 fully saturated rings. The minimum atomic E-state index is -0.402. The van der Waals surface area contributed by atoms with E-state index in [1.807, 2.05) is 0 Å². The fraction of sp³-hybridized carbons (Fsp3) is 0.611. The van der Waals surface area contributed by atoms with Crippen LogP contribution in [0.15, 0.2) is 24.3 Å². The summed E-state index contributed by atoms with van der Waals surface area (Å²) in [6.45, 7) is 13.6. The summed E-state index contributed by atoms with van der Waals surface area (Å²) < 4.78 is 11.6. The molecule has 2 aliphatic rings. The second-order valence-electron chi connectivity index (χ2n) is 6.49. The van der Waals surface area contributed by atoms with Gasteiger partial charge in [-0.1, -0.05) is 38.1 Å². The SMILES string of the molecule is [C-]#[N+]C1(c2ccccc2C(C)C)CCC2(CC1)OCCO2. The van der Waals surface area contributed by atoms with E-state index in [4.69, 9.17) is 16.0 Å². The second-order valence-corrected chi connectivity index (χ2v) is 6.49. The van der Waals surface area contributed by atoms with Crippen LogP contribution in [0.25, 0.3) is 4.85 Å². The van der Waals surface area contributed by atoms with Crippen LogP contribution in [0.1, 0.15) is 56.6 Å². The van der Waals surface area contributed by atoms with Crippen LogP contribution in [0, 0.1) is 6.57 Å². The molecule has 0 radical (unpaired) electrons. The monoisotopic (exact) mass is 285 g/mol. The molecule has 1 aliphatic heterocycles. The van der Waals surface area contributed by atoms with Gasteiger partial charge < -0.3 is 14.3 Å². The van der Waals surface area contributed by atoms with Gasteiger partial charge in [0.1, 0.15) is 0 Å². The van der Waals surface area contributed by atoms with Crippen LogP contribution < -0.4 is 0 Å². The molecule has 1 aromatic rings. The van der Waals surface area contributed by atoms with Gasteiger partial charge in [-0.15, -0.1) is 0 Å². The van der Waals surface area contributed by atoms with Gasteiger partial charge in [-0.05, 0) is 11.5 Å². The van der Waals surface area contributed by atoms with E-state index in [1.54, 1.807) is 0 Å². The molecule has 3 nitrogen and oxygen atoms in total. The molecule has 1 saturated heterocycles. The van der Waals surface area contributed by atoms with Crippen LogP contribution in [0.5, 0.6) is 0 Å². The maximum absolute atomic E-state index is 7.82. The van der Waals surface area contributed by atoms with Crippen molar-refractivity contribution in [1.82, 2.24) is 0 Å². The third-order valence-corrected chi connectivity index (χ3v) is 4.95. The first-order chi connectivity index (χ1) is 10.1. The van der Waals surface area contributed by atoms with E-state index in [1.165, 1.54) is 11.1 Å². The lowest BCUT2D eigenvalue weighted by Crippen LogP contribution is -2.41.